The zero-order valence-corrected chi connectivity index (χ0v) is 13.3. The molecule has 1 atom stereocenters. The Hall–Kier alpha value is -1.49. The fraction of sp³-hybridized carbons (Fsp3) is 0.500. The maximum atomic E-state index is 5.79. The molecule has 0 saturated carbocycles. The van der Waals surface area contributed by atoms with Gasteiger partial charge in [0.1, 0.15) is 0 Å². The standard InChI is InChI=1S/C18H25N3O/c1-2-10-22-14-17-12-20-8-9-21(17)13-16-5-3-4-15-11-19-7-6-18(15)16/h3-7,11,17,20H,2,8-10,12-14H2,1H3. The third-order valence-electron chi connectivity index (χ3n) is 4.28. The highest BCUT2D eigenvalue weighted by molar-refractivity contribution is 5.84. The summed E-state index contributed by atoms with van der Waals surface area (Å²) >= 11 is 0. The minimum atomic E-state index is 0.456. The zero-order chi connectivity index (χ0) is 15.2. The van der Waals surface area contributed by atoms with Gasteiger partial charge in [-0.2, -0.15) is 0 Å². The summed E-state index contributed by atoms with van der Waals surface area (Å²) in [7, 11) is 0. The number of pyridine rings is 1. The molecule has 0 radical (unpaired) electrons. The molecule has 22 heavy (non-hydrogen) atoms. The number of rotatable bonds is 6. The van der Waals surface area contributed by atoms with Crippen molar-refractivity contribution in [1.29, 1.82) is 0 Å². The van der Waals surface area contributed by atoms with Gasteiger partial charge in [0, 0.05) is 56.6 Å². The van der Waals surface area contributed by atoms with Crippen molar-refractivity contribution in [3.63, 3.8) is 0 Å². The summed E-state index contributed by atoms with van der Waals surface area (Å²) in [6, 6.07) is 9.07. The molecule has 0 amide bonds. The van der Waals surface area contributed by atoms with E-state index in [1.54, 1.807) is 0 Å². The highest BCUT2D eigenvalue weighted by atomic mass is 16.5. The normalized spacial score (nSPS) is 19.6. The average Bonchev–Trinajstić information content (AvgIpc) is 2.57. The third-order valence-corrected chi connectivity index (χ3v) is 4.28. The van der Waals surface area contributed by atoms with E-state index in [0.717, 1.165) is 45.8 Å². The van der Waals surface area contributed by atoms with Crippen molar-refractivity contribution < 1.29 is 4.74 Å². The molecule has 2 heterocycles. The first-order chi connectivity index (χ1) is 10.9. The van der Waals surface area contributed by atoms with Gasteiger partial charge in [-0.15, -0.1) is 0 Å². The largest absolute Gasteiger partial charge is 0.380 e. The lowest BCUT2D eigenvalue weighted by Crippen LogP contribution is -2.52. The van der Waals surface area contributed by atoms with Gasteiger partial charge < -0.3 is 10.1 Å². The number of hydrogen-bond donors (Lipinski definition) is 1. The Kier molecular flexibility index (Phi) is 5.38. The SMILES string of the molecule is CCCOCC1CNCCN1Cc1cccc2cnccc12. The first kappa shape index (κ1) is 15.4. The highest BCUT2D eigenvalue weighted by Gasteiger charge is 2.22. The molecule has 4 heteroatoms. The second-order valence-electron chi connectivity index (χ2n) is 5.92. The molecule has 1 fully saturated rings. The van der Waals surface area contributed by atoms with E-state index in [0.29, 0.717) is 6.04 Å². The number of benzene rings is 1. The molecular formula is C18H25N3O. The molecule has 0 bridgehead atoms. The lowest BCUT2D eigenvalue weighted by molar-refractivity contribution is 0.0438. The van der Waals surface area contributed by atoms with Crippen LogP contribution in [0.25, 0.3) is 10.8 Å². The van der Waals surface area contributed by atoms with Crippen LogP contribution in [0.4, 0.5) is 0 Å². The summed E-state index contributed by atoms with van der Waals surface area (Å²) in [4.78, 5) is 6.77. The Balaban J connectivity index is 1.74. The molecule has 118 valence electrons. The molecule has 1 N–H and O–H groups in total. The van der Waals surface area contributed by atoms with Crippen LogP contribution in [0.5, 0.6) is 0 Å². The van der Waals surface area contributed by atoms with Crippen LogP contribution in [0.3, 0.4) is 0 Å². The fourth-order valence-electron chi connectivity index (χ4n) is 3.09. The van der Waals surface area contributed by atoms with Crippen molar-refractivity contribution in [3.8, 4) is 0 Å². The average molecular weight is 299 g/mol. The van der Waals surface area contributed by atoms with Gasteiger partial charge in [0.05, 0.1) is 6.61 Å². The molecule has 1 aliphatic heterocycles. The minimum Gasteiger partial charge on any atom is -0.380 e. The van der Waals surface area contributed by atoms with E-state index in [1.165, 1.54) is 16.3 Å². The predicted octanol–water partition coefficient (Wildman–Crippen LogP) is 2.44. The predicted molar refractivity (Wildman–Crippen MR) is 89.9 cm³/mol. The lowest BCUT2D eigenvalue weighted by Gasteiger charge is -2.36. The van der Waals surface area contributed by atoms with Gasteiger partial charge in [0.2, 0.25) is 0 Å². The van der Waals surface area contributed by atoms with Gasteiger partial charge in [-0.05, 0) is 23.4 Å². The van der Waals surface area contributed by atoms with Gasteiger partial charge in [0.15, 0.2) is 0 Å². The van der Waals surface area contributed by atoms with Crippen LogP contribution < -0.4 is 5.32 Å². The van der Waals surface area contributed by atoms with Gasteiger partial charge in [0.25, 0.3) is 0 Å². The molecule has 0 aliphatic carbocycles. The fourth-order valence-corrected chi connectivity index (χ4v) is 3.09. The van der Waals surface area contributed by atoms with Crippen LogP contribution in [0.2, 0.25) is 0 Å². The Morgan fingerprint density at radius 3 is 3.23 bits per heavy atom. The maximum Gasteiger partial charge on any atom is 0.0634 e. The second kappa shape index (κ2) is 7.68. The summed E-state index contributed by atoms with van der Waals surface area (Å²) in [5, 5.41) is 6.01. The molecule has 0 spiro atoms. The molecule has 1 saturated heterocycles. The first-order valence-corrected chi connectivity index (χ1v) is 8.22. The number of hydrogen-bond acceptors (Lipinski definition) is 4. The summed E-state index contributed by atoms with van der Waals surface area (Å²) in [5.74, 6) is 0. The quantitative estimate of drug-likeness (QED) is 0.831. The van der Waals surface area contributed by atoms with Gasteiger partial charge in [-0.3, -0.25) is 9.88 Å². The first-order valence-electron chi connectivity index (χ1n) is 8.22. The van der Waals surface area contributed by atoms with Crippen LogP contribution in [-0.2, 0) is 11.3 Å². The zero-order valence-electron chi connectivity index (χ0n) is 13.3. The van der Waals surface area contributed by atoms with Crippen LogP contribution in [0.1, 0.15) is 18.9 Å². The van der Waals surface area contributed by atoms with Crippen molar-refractivity contribution in [2.75, 3.05) is 32.8 Å². The second-order valence-corrected chi connectivity index (χ2v) is 5.92. The minimum absolute atomic E-state index is 0.456. The maximum absolute atomic E-state index is 5.79. The number of fused-ring (bicyclic) bond motifs is 1. The molecule has 3 rings (SSSR count). The lowest BCUT2D eigenvalue weighted by atomic mass is 10.0. The number of nitrogens with zero attached hydrogens (tertiary/aromatic N) is 2. The van der Waals surface area contributed by atoms with Crippen molar-refractivity contribution >= 4 is 10.8 Å². The van der Waals surface area contributed by atoms with E-state index in [1.807, 2.05) is 12.4 Å². The van der Waals surface area contributed by atoms with E-state index in [-0.39, 0.29) is 0 Å². The van der Waals surface area contributed by atoms with Gasteiger partial charge >= 0.3 is 0 Å². The monoisotopic (exact) mass is 299 g/mol. The van der Waals surface area contributed by atoms with Gasteiger partial charge in [-0.1, -0.05) is 25.1 Å². The van der Waals surface area contributed by atoms with Crippen molar-refractivity contribution in [1.82, 2.24) is 15.2 Å². The Morgan fingerprint density at radius 1 is 1.36 bits per heavy atom. The molecule has 1 aromatic heterocycles. The summed E-state index contributed by atoms with van der Waals surface area (Å²) < 4.78 is 5.79. The highest BCUT2D eigenvalue weighted by Crippen LogP contribution is 2.20. The molecule has 2 aromatic rings. The molecule has 1 aromatic carbocycles. The summed E-state index contributed by atoms with van der Waals surface area (Å²) in [6.07, 6.45) is 4.90. The Morgan fingerprint density at radius 2 is 2.32 bits per heavy atom. The number of nitrogens with one attached hydrogen (secondary N) is 1. The van der Waals surface area contributed by atoms with Gasteiger partial charge in [-0.25, -0.2) is 0 Å². The molecule has 4 nitrogen and oxygen atoms in total. The third kappa shape index (κ3) is 3.64. The molecular weight excluding hydrogens is 274 g/mol. The van der Waals surface area contributed by atoms with E-state index in [4.69, 9.17) is 4.74 Å². The number of aromatic nitrogens is 1. The number of ether oxygens (including phenoxy) is 1. The van der Waals surface area contributed by atoms with Crippen LogP contribution in [-0.4, -0.2) is 48.8 Å². The van der Waals surface area contributed by atoms with Crippen molar-refractivity contribution in [2.24, 2.45) is 0 Å². The summed E-state index contributed by atoms with van der Waals surface area (Å²) in [6.45, 7) is 7.93. The van der Waals surface area contributed by atoms with Crippen molar-refractivity contribution in [3.05, 3.63) is 42.2 Å². The van der Waals surface area contributed by atoms with E-state index < -0.39 is 0 Å². The van der Waals surface area contributed by atoms with E-state index >= 15 is 0 Å². The topological polar surface area (TPSA) is 37.4 Å². The Labute approximate surface area is 132 Å². The molecule has 1 aliphatic rings. The Bertz CT molecular complexity index is 596. The molecule has 1 unspecified atom stereocenters. The summed E-state index contributed by atoms with van der Waals surface area (Å²) in [5.41, 5.74) is 1.38. The number of piperazine rings is 1. The van der Waals surface area contributed by atoms with E-state index in [9.17, 15) is 0 Å². The van der Waals surface area contributed by atoms with Crippen LogP contribution in [0.15, 0.2) is 36.7 Å². The van der Waals surface area contributed by atoms with Crippen LogP contribution >= 0.6 is 0 Å². The van der Waals surface area contributed by atoms with Crippen molar-refractivity contribution in [2.45, 2.75) is 25.9 Å². The van der Waals surface area contributed by atoms with Crippen LogP contribution in [0, 0.1) is 0 Å². The van der Waals surface area contributed by atoms with E-state index in [2.05, 4.69) is 46.4 Å². The smallest absolute Gasteiger partial charge is 0.0634 e.